The van der Waals surface area contributed by atoms with Crippen LogP contribution in [0.4, 0.5) is 0 Å². The monoisotopic (exact) mass is 350 g/mol. The summed E-state index contributed by atoms with van der Waals surface area (Å²) in [6.07, 6.45) is 0. The van der Waals surface area contributed by atoms with Crippen LogP contribution in [0.2, 0.25) is 5.02 Å². The molecule has 3 aromatic rings. The van der Waals surface area contributed by atoms with Gasteiger partial charge in [-0.1, -0.05) is 35.9 Å². The quantitative estimate of drug-likeness (QED) is 0.711. The van der Waals surface area contributed by atoms with Gasteiger partial charge in [-0.3, -0.25) is 4.79 Å². The Morgan fingerprint density at radius 1 is 1.12 bits per heavy atom. The van der Waals surface area contributed by atoms with Crippen LogP contribution in [-0.4, -0.2) is 10.1 Å². The van der Waals surface area contributed by atoms with Gasteiger partial charge in [0, 0.05) is 21.7 Å². The van der Waals surface area contributed by atoms with Gasteiger partial charge in [0.2, 0.25) is 0 Å². The Morgan fingerprint density at radius 3 is 2.48 bits per heavy atom. The van der Waals surface area contributed by atoms with Gasteiger partial charge in [-0.05, 0) is 43.2 Å². The Kier molecular flexibility index (Phi) is 4.35. The second-order valence-electron chi connectivity index (χ2n) is 5.87. The lowest BCUT2D eigenvalue weighted by atomic mass is 9.96. The summed E-state index contributed by atoms with van der Waals surface area (Å²) in [6.45, 7) is 3.74. The van der Waals surface area contributed by atoms with Crippen molar-refractivity contribution in [2.75, 3.05) is 0 Å². The molecule has 0 saturated heterocycles. The summed E-state index contributed by atoms with van der Waals surface area (Å²) >= 11 is 6.25. The van der Waals surface area contributed by atoms with Crippen molar-refractivity contribution in [3.05, 3.63) is 74.5 Å². The van der Waals surface area contributed by atoms with Gasteiger partial charge in [-0.25, -0.2) is 0 Å². The standard InChI is InChI=1S/C20H15ClN2O2/c1-11-7-12(2)19(18(24)8-11)17-9-14(15(10-22)20(25)23-17)13-5-3-4-6-16(13)21/h3-9,24H,1-2H3,(H,23,25). The van der Waals surface area contributed by atoms with E-state index < -0.39 is 5.56 Å². The number of halogens is 1. The van der Waals surface area contributed by atoms with E-state index in [-0.39, 0.29) is 11.3 Å². The van der Waals surface area contributed by atoms with Crippen LogP contribution >= 0.6 is 11.6 Å². The van der Waals surface area contributed by atoms with E-state index in [1.165, 1.54) is 0 Å². The number of hydrogen-bond donors (Lipinski definition) is 2. The number of phenols is 1. The zero-order valence-corrected chi connectivity index (χ0v) is 14.5. The highest BCUT2D eigenvalue weighted by atomic mass is 35.5. The summed E-state index contributed by atoms with van der Waals surface area (Å²) < 4.78 is 0. The molecule has 0 radical (unpaired) electrons. The molecule has 25 heavy (non-hydrogen) atoms. The zero-order chi connectivity index (χ0) is 18.1. The Bertz CT molecular complexity index is 1050. The molecule has 5 heteroatoms. The van der Waals surface area contributed by atoms with E-state index in [4.69, 9.17) is 11.6 Å². The van der Waals surface area contributed by atoms with Gasteiger partial charge in [0.15, 0.2) is 0 Å². The molecule has 0 unspecified atom stereocenters. The molecule has 0 bridgehead atoms. The molecule has 0 spiro atoms. The first kappa shape index (κ1) is 16.8. The molecule has 0 saturated carbocycles. The maximum absolute atomic E-state index is 12.4. The molecule has 0 aliphatic heterocycles. The first-order valence-corrected chi connectivity index (χ1v) is 8.03. The van der Waals surface area contributed by atoms with Crippen molar-refractivity contribution in [3.8, 4) is 34.2 Å². The average Bonchev–Trinajstić information content (AvgIpc) is 2.54. The lowest BCUT2D eigenvalue weighted by Crippen LogP contribution is -2.13. The number of aromatic nitrogens is 1. The number of aromatic amines is 1. The minimum atomic E-state index is -0.519. The first-order valence-electron chi connectivity index (χ1n) is 7.65. The van der Waals surface area contributed by atoms with Gasteiger partial charge in [0.25, 0.3) is 5.56 Å². The summed E-state index contributed by atoms with van der Waals surface area (Å²) in [4.78, 5) is 15.1. The highest BCUT2D eigenvalue weighted by Gasteiger charge is 2.17. The van der Waals surface area contributed by atoms with Crippen LogP contribution in [0.1, 0.15) is 16.7 Å². The van der Waals surface area contributed by atoms with Crippen LogP contribution in [0.15, 0.2) is 47.3 Å². The molecular weight excluding hydrogens is 336 g/mol. The molecule has 0 aliphatic carbocycles. The fourth-order valence-corrected chi connectivity index (χ4v) is 3.23. The van der Waals surface area contributed by atoms with E-state index in [2.05, 4.69) is 4.98 Å². The molecule has 0 fully saturated rings. The Morgan fingerprint density at radius 2 is 1.84 bits per heavy atom. The number of phenolic OH excluding ortho intramolecular Hbond substituents is 1. The van der Waals surface area contributed by atoms with Crippen molar-refractivity contribution in [3.63, 3.8) is 0 Å². The third kappa shape index (κ3) is 3.02. The highest BCUT2D eigenvalue weighted by Crippen LogP contribution is 2.36. The molecule has 3 rings (SSSR count). The molecule has 2 N–H and O–H groups in total. The van der Waals surface area contributed by atoms with Crippen molar-refractivity contribution in [2.24, 2.45) is 0 Å². The number of nitrogens with one attached hydrogen (secondary N) is 1. The number of benzene rings is 2. The van der Waals surface area contributed by atoms with Crippen molar-refractivity contribution >= 4 is 11.6 Å². The van der Waals surface area contributed by atoms with Crippen LogP contribution in [-0.2, 0) is 0 Å². The maximum atomic E-state index is 12.4. The molecular formula is C20H15ClN2O2. The lowest BCUT2D eigenvalue weighted by molar-refractivity contribution is 0.476. The Balaban J connectivity index is 2.35. The smallest absolute Gasteiger partial charge is 0.266 e. The molecule has 0 amide bonds. The molecule has 1 heterocycles. The molecule has 4 nitrogen and oxygen atoms in total. The number of aryl methyl sites for hydroxylation is 2. The lowest BCUT2D eigenvalue weighted by Gasteiger charge is -2.13. The van der Waals surface area contributed by atoms with Gasteiger partial charge in [0.1, 0.15) is 17.4 Å². The van der Waals surface area contributed by atoms with E-state index in [0.29, 0.717) is 27.4 Å². The second-order valence-corrected chi connectivity index (χ2v) is 6.28. The van der Waals surface area contributed by atoms with Gasteiger partial charge in [0.05, 0.1) is 5.69 Å². The normalized spacial score (nSPS) is 10.5. The number of hydrogen-bond acceptors (Lipinski definition) is 3. The van der Waals surface area contributed by atoms with Crippen molar-refractivity contribution < 1.29 is 5.11 Å². The molecule has 1 aromatic heterocycles. The highest BCUT2D eigenvalue weighted by molar-refractivity contribution is 6.33. The van der Waals surface area contributed by atoms with Crippen LogP contribution in [0.3, 0.4) is 0 Å². The summed E-state index contributed by atoms with van der Waals surface area (Å²) in [7, 11) is 0. The molecule has 0 aliphatic rings. The number of nitriles is 1. The van der Waals surface area contributed by atoms with E-state index in [1.807, 2.05) is 26.0 Å². The second kappa shape index (κ2) is 6.46. The van der Waals surface area contributed by atoms with E-state index in [1.54, 1.807) is 36.4 Å². The summed E-state index contributed by atoms with van der Waals surface area (Å²) in [5, 5.41) is 20.2. The largest absolute Gasteiger partial charge is 0.507 e. The SMILES string of the molecule is Cc1cc(C)c(-c2cc(-c3ccccc3Cl)c(C#N)c(=O)[nH]2)c(O)c1. The van der Waals surface area contributed by atoms with E-state index in [0.717, 1.165) is 11.1 Å². The molecule has 124 valence electrons. The van der Waals surface area contributed by atoms with Gasteiger partial charge >= 0.3 is 0 Å². The zero-order valence-electron chi connectivity index (χ0n) is 13.7. The van der Waals surface area contributed by atoms with Gasteiger partial charge < -0.3 is 10.1 Å². The fraction of sp³-hybridized carbons (Fsp3) is 0.100. The topological polar surface area (TPSA) is 76.9 Å². The van der Waals surface area contributed by atoms with Crippen molar-refractivity contribution in [1.82, 2.24) is 4.98 Å². The van der Waals surface area contributed by atoms with Crippen LogP contribution < -0.4 is 5.56 Å². The van der Waals surface area contributed by atoms with E-state index >= 15 is 0 Å². The summed E-state index contributed by atoms with van der Waals surface area (Å²) in [5.74, 6) is 0.0722. The number of nitrogens with zero attached hydrogens (tertiary/aromatic N) is 1. The number of pyridine rings is 1. The summed E-state index contributed by atoms with van der Waals surface area (Å²) in [5.41, 5.74) is 3.21. The minimum Gasteiger partial charge on any atom is -0.507 e. The van der Waals surface area contributed by atoms with E-state index in [9.17, 15) is 15.2 Å². The fourth-order valence-electron chi connectivity index (χ4n) is 2.99. The summed E-state index contributed by atoms with van der Waals surface area (Å²) in [6, 6.07) is 14.2. The maximum Gasteiger partial charge on any atom is 0.266 e. The van der Waals surface area contributed by atoms with Crippen molar-refractivity contribution in [1.29, 1.82) is 5.26 Å². The van der Waals surface area contributed by atoms with Crippen LogP contribution in [0, 0.1) is 25.2 Å². The molecule has 0 atom stereocenters. The minimum absolute atomic E-state index is 0.0129. The Hall–Kier alpha value is -3.03. The van der Waals surface area contributed by atoms with Crippen molar-refractivity contribution in [2.45, 2.75) is 13.8 Å². The number of aromatic hydroxyl groups is 1. The predicted octanol–water partition coefficient (Wildman–Crippen LogP) is 4.56. The van der Waals surface area contributed by atoms with Gasteiger partial charge in [-0.15, -0.1) is 0 Å². The third-order valence-corrected chi connectivity index (χ3v) is 4.37. The van der Waals surface area contributed by atoms with Crippen LogP contribution in [0.25, 0.3) is 22.4 Å². The third-order valence-electron chi connectivity index (χ3n) is 4.04. The number of H-pyrrole nitrogens is 1. The molecule has 2 aromatic carbocycles. The Labute approximate surface area is 150 Å². The van der Waals surface area contributed by atoms with Crippen LogP contribution in [0.5, 0.6) is 5.75 Å². The predicted molar refractivity (Wildman–Crippen MR) is 98.8 cm³/mol. The number of rotatable bonds is 2. The van der Waals surface area contributed by atoms with Gasteiger partial charge in [-0.2, -0.15) is 5.26 Å². The average molecular weight is 351 g/mol. The first-order chi connectivity index (χ1) is 11.9.